The zero-order valence-electron chi connectivity index (χ0n) is 17.7. The normalized spacial score (nSPS) is 18.1. The Morgan fingerprint density at radius 1 is 0.793 bits per heavy atom. The van der Waals surface area contributed by atoms with E-state index in [9.17, 15) is 0 Å². The molecule has 5 rings (SSSR count). The van der Waals surface area contributed by atoms with E-state index in [-0.39, 0.29) is 30.9 Å². The third kappa shape index (κ3) is 3.12. The van der Waals surface area contributed by atoms with Crippen molar-refractivity contribution in [2.75, 3.05) is 0 Å². The molecule has 0 spiro atoms. The van der Waals surface area contributed by atoms with Crippen LogP contribution in [0.2, 0.25) is 0 Å². The van der Waals surface area contributed by atoms with Crippen LogP contribution in [-0.2, 0) is 43.8 Å². The number of aromatic nitrogens is 1. The van der Waals surface area contributed by atoms with Crippen molar-refractivity contribution in [1.29, 1.82) is 0 Å². The van der Waals surface area contributed by atoms with Gasteiger partial charge in [-0.3, -0.25) is 0 Å². The molecule has 0 atom stereocenters. The maximum Gasteiger partial charge on any atom is 0.0195 e. The molecule has 0 fully saturated rings. The van der Waals surface area contributed by atoms with E-state index in [0.29, 0.717) is 0 Å². The van der Waals surface area contributed by atoms with Gasteiger partial charge in [0.1, 0.15) is 0 Å². The van der Waals surface area contributed by atoms with Crippen LogP contribution in [0.25, 0.3) is 11.3 Å². The Morgan fingerprint density at radius 3 is 2.10 bits per heavy atom. The summed E-state index contributed by atoms with van der Waals surface area (Å²) < 4.78 is 0. The number of fused-ring (bicyclic) bond motifs is 3. The van der Waals surface area contributed by atoms with Crippen LogP contribution >= 0.6 is 0 Å². The molecule has 1 heterocycles. The molecule has 2 aliphatic rings. The van der Waals surface area contributed by atoms with Gasteiger partial charge in [0, 0.05) is 26.3 Å². The summed E-state index contributed by atoms with van der Waals surface area (Å²) in [6.45, 7) is 9.38. The van der Waals surface area contributed by atoms with Gasteiger partial charge >= 0.3 is 0 Å². The summed E-state index contributed by atoms with van der Waals surface area (Å²) in [6, 6.07) is 19.4. The first-order valence-corrected chi connectivity index (χ1v) is 10.5. The molecule has 0 bridgehead atoms. The predicted octanol–water partition coefficient (Wildman–Crippen LogP) is 6.39. The van der Waals surface area contributed by atoms with Gasteiger partial charge in [0.2, 0.25) is 0 Å². The van der Waals surface area contributed by atoms with Crippen molar-refractivity contribution in [3.63, 3.8) is 0 Å². The minimum absolute atomic E-state index is 0. The van der Waals surface area contributed by atoms with Crippen LogP contribution in [0.4, 0.5) is 0 Å². The van der Waals surface area contributed by atoms with E-state index in [1.54, 1.807) is 0 Å². The summed E-state index contributed by atoms with van der Waals surface area (Å²) in [5.41, 5.74) is 10.7. The summed E-state index contributed by atoms with van der Waals surface area (Å²) in [5.74, 6) is 0. The Labute approximate surface area is 188 Å². The van der Waals surface area contributed by atoms with Crippen molar-refractivity contribution in [2.24, 2.45) is 0 Å². The maximum absolute atomic E-state index is 4.81. The van der Waals surface area contributed by atoms with Crippen molar-refractivity contribution in [3.05, 3.63) is 88.1 Å². The molecular weight excluding hydrogens is 531 g/mol. The van der Waals surface area contributed by atoms with Crippen molar-refractivity contribution in [1.82, 2.24) is 4.98 Å². The molecule has 2 heteroatoms. The zero-order chi connectivity index (χ0) is 19.5. The molecule has 0 amide bonds. The Bertz CT molecular complexity index is 1080. The van der Waals surface area contributed by atoms with Gasteiger partial charge in [-0.15, -0.1) is 34.9 Å². The van der Waals surface area contributed by atoms with Crippen LogP contribution in [0.5, 0.6) is 0 Å². The molecule has 2 aromatic carbocycles. The summed E-state index contributed by atoms with van der Waals surface area (Å²) >= 11 is 0. The van der Waals surface area contributed by atoms with Crippen LogP contribution in [0.1, 0.15) is 73.9 Å². The van der Waals surface area contributed by atoms with Crippen LogP contribution in [0, 0.1) is 6.07 Å². The second-order valence-electron chi connectivity index (χ2n) is 9.51. The van der Waals surface area contributed by atoms with Crippen LogP contribution < -0.4 is 0 Å². The molecule has 1 nitrogen and oxygen atoms in total. The van der Waals surface area contributed by atoms with Crippen LogP contribution in [-0.4, -0.2) is 4.98 Å². The van der Waals surface area contributed by atoms with Gasteiger partial charge in [0.05, 0.1) is 0 Å². The van der Waals surface area contributed by atoms with Gasteiger partial charge in [-0.05, 0) is 58.9 Å². The summed E-state index contributed by atoms with van der Waals surface area (Å²) in [5, 5.41) is 0. The Balaban J connectivity index is 0.00000205. The van der Waals surface area contributed by atoms with Crippen LogP contribution in [0.3, 0.4) is 0 Å². The minimum atomic E-state index is -0.0283. The molecule has 0 saturated carbocycles. The first-order valence-electron chi connectivity index (χ1n) is 10.5. The number of hydrogen-bond donors (Lipinski definition) is 0. The fraction of sp³-hybridized carbons (Fsp3) is 0.370. The molecule has 1 radical (unpaired) electrons. The van der Waals surface area contributed by atoms with Gasteiger partial charge in [-0.2, -0.15) is 0 Å². The molecule has 2 aliphatic carbocycles. The molecule has 29 heavy (non-hydrogen) atoms. The second kappa shape index (κ2) is 7.18. The summed E-state index contributed by atoms with van der Waals surface area (Å²) in [6.07, 6.45) is 7.04. The average Bonchev–Trinajstić information content (AvgIpc) is 2.72. The fourth-order valence-corrected chi connectivity index (χ4v) is 5.30. The number of aryl methyl sites for hydroxylation is 2. The number of benzene rings is 2. The van der Waals surface area contributed by atoms with Gasteiger partial charge in [0.15, 0.2) is 0 Å². The molecule has 151 valence electrons. The minimum Gasteiger partial charge on any atom is -0.304 e. The fourth-order valence-electron chi connectivity index (χ4n) is 5.30. The molecule has 0 saturated heterocycles. The monoisotopic (exact) mass is 559 g/mol. The molecule has 3 aromatic rings. The number of nitrogens with zero attached hydrogens (tertiary/aromatic N) is 1. The van der Waals surface area contributed by atoms with Crippen molar-refractivity contribution >= 4 is 0 Å². The molecule has 1 aromatic heterocycles. The average molecular weight is 559 g/mol. The Hall–Kier alpha value is -1.76. The second-order valence-corrected chi connectivity index (χ2v) is 9.51. The van der Waals surface area contributed by atoms with E-state index >= 15 is 0 Å². The van der Waals surface area contributed by atoms with Crippen molar-refractivity contribution in [3.8, 4) is 11.3 Å². The third-order valence-corrected chi connectivity index (χ3v) is 7.07. The first-order chi connectivity index (χ1) is 13.4. The Kier molecular flexibility index (Phi) is 5.08. The van der Waals surface area contributed by atoms with Gasteiger partial charge in [0.25, 0.3) is 0 Å². The summed E-state index contributed by atoms with van der Waals surface area (Å²) in [7, 11) is 0. The zero-order valence-corrected chi connectivity index (χ0v) is 20.1. The van der Waals surface area contributed by atoms with Gasteiger partial charge in [-0.1, -0.05) is 63.6 Å². The standard InChI is InChI=1S/C27H28N.Ir/c1-26(2)21-11-7-8-12-22(21)27(3,4)24-15-19(13-14-23(24)26)25-16-18-9-5-6-10-20(18)17-28-25;/h7-8,11-12,14-17H,5-6,9-10H2,1-4H3;/q-1;. The summed E-state index contributed by atoms with van der Waals surface area (Å²) in [4.78, 5) is 4.81. The molecule has 0 N–H and O–H groups in total. The Morgan fingerprint density at radius 2 is 1.41 bits per heavy atom. The van der Waals surface area contributed by atoms with E-state index < -0.39 is 0 Å². The van der Waals surface area contributed by atoms with E-state index in [2.05, 4.69) is 82.4 Å². The number of pyridine rings is 1. The SMILES string of the molecule is CC1(C)c2c[c-]c(-c3cc4c(cn3)CCCC4)cc2C(C)(C)c2ccccc21.[Ir]. The topological polar surface area (TPSA) is 12.9 Å². The number of rotatable bonds is 1. The molecule has 0 aliphatic heterocycles. The molecular formula is C27H28IrN-. The van der Waals surface area contributed by atoms with Crippen molar-refractivity contribution in [2.45, 2.75) is 64.2 Å². The quantitative estimate of drug-likeness (QED) is 0.316. The predicted molar refractivity (Wildman–Crippen MR) is 116 cm³/mol. The van der Waals surface area contributed by atoms with Crippen molar-refractivity contribution < 1.29 is 20.1 Å². The van der Waals surface area contributed by atoms with E-state index in [0.717, 1.165) is 11.3 Å². The maximum atomic E-state index is 4.81. The van der Waals surface area contributed by atoms with E-state index in [4.69, 9.17) is 4.98 Å². The largest absolute Gasteiger partial charge is 0.304 e. The van der Waals surface area contributed by atoms with Gasteiger partial charge in [-0.25, -0.2) is 0 Å². The van der Waals surface area contributed by atoms with E-state index in [1.807, 2.05) is 0 Å². The van der Waals surface area contributed by atoms with Gasteiger partial charge < -0.3 is 4.98 Å². The smallest absolute Gasteiger partial charge is 0.0195 e. The number of hydrogen-bond acceptors (Lipinski definition) is 1. The molecule has 0 unspecified atom stereocenters. The first kappa shape index (κ1) is 20.5. The van der Waals surface area contributed by atoms with E-state index in [1.165, 1.54) is 59.1 Å². The third-order valence-electron chi connectivity index (χ3n) is 7.07. The van der Waals surface area contributed by atoms with Crippen LogP contribution in [0.15, 0.2) is 48.7 Å².